The molecule has 0 unspecified atom stereocenters. The Kier molecular flexibility index (Phi) is 54.3. The Labute approximate surface area is 151 Å². The number of rotatable bonds is 0. The molecule has 0 heterocycles. The topological polar surface area (TPSA) is 127 Å². The standard InChI is InChI=1S/2C3H9N.2C3H8O.2C3H6O/c6*1-3(2)4/h2*3H,4H2,1-2H3;2*3-4H,1-2H3;2*1-2H3. The molecule has 0 radical (unpaired) electrons. The highest BCUT2D eigenvalue weighted by atomic mass is 16.3. The van der Waals surface area contributed by atoms with Crippen LogP contribution in [-0.4, -0.2) is 46.1 Å². The normalized spacial score (nSPS) is 8.17. The predicted octanol–water partition coefficient (Wildman–Crippen LogP) is 2.67. The number of carbonyl (C=O) groups is 2. The van der Waals surface area contributed by atoms with Crippen LogP contribution in [0.4, 0.5) is 0 Å². The van der Waals surface area contributed by atoms with Gasteiger partial charge in [0.15, 0.2) is 0 Å². The van der Waals surface area contributed by atoms with Gasteiger partial charge in [-0.05, 0) is 67.5 Å². The van der Waals surface area contributed by atoms with Crippen LogP contribution in [0.15, 0.2) is 0 Å². The van der Waals surface area contributed by atoms with Gasteiger partial charge in [0, 0.05) is 12.2 Å². The minimum Gasteiger partial charge on any atom is -0.394 e. The van der Waals surface area contributed by atoms with E-state index >= 15 is 0 Å². The van der Waals surface area contributed by atoms with E-state index in [0.717, 1.165) is 0 Å². The van der Waals surface area contributed by atoms with E-state index in [0.29, 0.717) is 12.1 Å². The van der Waals surface area contributed by atoms with Crippen molar-refractivity contribution in [2.45, 2.75) is 107 Å². The second kappa shape index (κ2) is 33.7. The number of aliphatic hydroxyl groups excluding tert-OH is 2. The van der Waals surface area contributed by atoms with E-state index in [2.05, 4.69) is 0 Å². The van der Waals surface area contributed by atoms with Crippen molar-refractivity contribution in [2.75, 3.05) is 0 Å². The number of aliphatic hydroxyl groups is 2. The van der Waals surface area contributed by atoms with Crippen molar-refractivity contribution in [3.05, 3.63) is 0 Å². The van der Waals surface area contributed by atoms with Crippen molar-refractivity contribution in [1.29, 1.82) is 0 Å². The van der Waals surface area contributed by atoms with E-state index in [1.807, 2.05) is 27.7 Å². The summed E-state index contributed by atoms with van der Waals surface area (Å²) in [7, 11) is 0. The molecule has 6 heteroatoms. The summed E-state index contributed by atoms with van der Waals surface area (Å²) in [6.07, 6.45) is -0.333. The van der Waals surface area contributed by atoms with Crippen molar-refractivity contribution in [3.8, 4) is 0 Å². The zero-order valence-corrected chi connectivity index (χ0v) is 18.2. The van der Waals surface area contributed by atoms with E-state index < -0.39 is 0 Å². The van der Waals surface area contributed by atoms with Crippen LogP contribution in [0.2, 0.25) is 0 Å². The molecule has 0 saturated heterocycles. The fourth-order valence-corrected chi connectivity index (χ4v) is 0. The fourth-order valence-electron chi connectivity index (χ4n) is 0. The van der Waals surface area contributed by atoms with Crippen LogP contribution in [0.3, 0.4) is 0 Å². The van der Waals surface area contributed by atoms with E-state index in [1.54, 1.807) is 27.7 Å². The number of nitrogens with two attached hydrogens (primary N) is 2. The SMILES string of the molecule is CC(C)=O.CC(C)=O.CC(C)N.CC(C)N.CC(C)O.CC(C)O. The zero-order valence-electron chi connectivity index (χ0n) is 18.2. The van der Waals surface area contributed by atoms with Gasteiger partial charge in [-0.15, -0.1) is 0 Å². The molecule has 6 nitrogen and oxygen atoms in total. The first-order valence-corrected chi connectivity index (χ1v) is 8.21. The maximum Gasteiger partial charge on any atom is 0.126 e. The van der Waals surface area contributed by atoms with Crippen LogP contribution >= 0.6 is 0 Å². The molecule has 0 aliphatic carbocycles. The highest BCUT2D eigenvalue weighted by Gasteiger charge is 1.70. The first kappa shape index (κ1) is 38.6. The van der Waals surface area contributed by atoms with Crippen LogP contribution < -0.4 is 11.5 Å². The summed E-state index contributed by atoms with van der Waals surface area (Å²) in [5.74, 6) is 0.333. The molecule has 0 amide bonds. The van der Waals surface area contributed by atoms with Crippen LogP contribution in [0.1, 0.15) is 83.1 Å². The number of carbonyl (C=O) groups excluding carboxylic acids is 2. The molecule has 0 saturated carbocycles. The monoisotopic (exact) mass is 354 g/mol. The summed E-state index contributed by atoms with van der Waals surface area (Å²) < 4.78 is 0. The molecule has 0 rings (SSSR count). The molecule has 24 heavy (non-hydrogen) atoms. The second-order valence-electron chi connectivity index (χ2n) is 6.49. The van der Waals surface area contributed by atoms with Crippen LogP contribution in [0.5, 0.6) is 0 Å². The first-order chi connectivity index (χ1) is 10.4. The van der Waals surface area contributed by atoms with Gasteiger partial charge in [0.1, 0.15) is 11.6 Å². The number of Topliss-reactive ketones (excluding diaryl/α,β-unsaturated/α-hetero) is 2. The molecule has 0 aromatic heterocycles. The Morgan fingerprint density at radius 3 is 0.583 bits per heavy atom. The van der Waals surface area contributed by atoms with E-state index in [1.165, 1.54) is 27.7 Å². The van der Waals surface area contributed by atoms with Crippen LogP contribution in [-0.2, 0) is 9.59 Å². The molecular formula is C18H46N2O4. The van der Waals surface area contributed by atoms with Gasteiger partial charge >= 0.3 is 0 Å². The summed E-state index contributed by atoms with van der Waals surface area (Å²) in [4.78, 5) is 18.9. The van der Waals surface area contributed by atoms with Gasteiger partial charge in [-0.1, -0.05) is 27.7 Å². The van der Waals surface area contributed by atoms with Crippen molar-refractivity contribution >= 4 is 11.6 Å². The number of ketones is 2. The van der Waals surface area contributed by atoms with E-state index in [4.69, 9.17) is 21.7 Å². The zero-order chi connectivity index (χ0) is 21.5. The van der Waals surface area contributed by atoms with Gasteiger partial charge in [0.2, 0.25) is 0 Å². The van der Waals surface area contributed by atoms with Gasteiger partial charge in [-0.2, -0.15) is 0 Å². The summed E-state index contributed by atoms with van der Waals surface area (Å²) in [6, 6.07) is 0.667. The molecule has 6 N–H and O–H groups in total. The lowest BCUT2D eigenvalue weighted by atomic mass is 10.4. The molecule has 0 fully saturated rings. The molecule has 0 atom stereocenters. The van der Waals surface area contributed by atoms with Crippen molar-refractivity contribution in [2.24, 2.45) is 11.5 Å². The fraction of sp³-hybridized carbons (Fsp3) is 0.889. The molecule has 0 bridgehead atoms. The third-order valence-corrected chi connectivity index (χ3v) is 0. The van der Waals surface area contributed by atoms with E-state index in [-0.39, 0.29) is 23.8 Å². The second-order valence-corrected chi connectivity index (χ2v) is 6.49. The van der Waals surface area contributed by atoms with Gasteiger partial charge in [0.25, 0.3) is 0 Å². The van der Waals surface area contributed by atoms with Gasteiger partial charge in [0.05, 0.1) is 0 Å². The van der Waals surface area contributed by atoms with Gasteiger partial charge < -0.3 is 31.3 Å². The summed E-state index contributed by atoms with van der Waals surface area (Å²) in [5, 5.41) is 16.1. The quantitative estimate of drug-likeness (QED) is 0.529. The molecule has 152 valence electrons. The highest BCUT2D eigenvalue weighted by Crippen LogP contribution is 1.65. The van der Waals surface area contributed by atoms with Crippen LogP contribution in [0, 0.1) is 0 Å². The van der Waals surface area contributed by atoms with Gasteiger partial charge in [-0.25, -0.2) is 0 Å². The molecule has 0 aliphatic heterocycles. The molecule has 0 spiro atoms. The summed E-state index contributed by atoms with van der Waals surface area (Å²) >= 11 is 0. The third kappa shape index (κ3) is 12800. The predicted molar refractivity (Wildman–Crippen MR) is 106 cm³/mol. The van der Waals surface area contributed by atoms with Crippen molar-refractivity contribution < 1.29 is 19.8 Å². The third-order valence-electron chi connectivity index (χ3n) is 0. The minimum atomic E-state index is -0.167. The Balaban J connectivity index is -0.0000000405. The first-order valence-electron chi connectivity index (χ1n) is 8.21. The summed E-state index contributed by atoms with van der Waals surface area (Å²) in [6.45, 7) is 20.8. The van der Waals surface area contributed by atoms with E-state index in [9.17, 15) is 9.59 Å². The molecule has 0 aliphatic rings. The van der Waals surface area contributed by atoms with Crippen molar-refractivity contribution in [3.63, 3.8) is 0 Å². The smallest absolute Gasteiger partial charge is 0.126 e. The maximum atomic E-state index is 9.44. The number of hydrogen-bond donors (Lipinski definition) is 4. The molecule has 0 aromatic rings. The Morgan fingerprint density at radius 2 is 0.583 bits per heavy atom. The Bertz CT molecular complexity index is 174. The van der Waals surface area contributed by atoms with Crippen LogP contribution in [0.25, 0.3) is 0 Å². The lowest BCUT2D eigenvalue weighted by Crippen LogP contribution is -2.07. The Hall–Kier alpha value is -0.820. The largest absolute Gasteiger partial charge is 0.394 e. The Morgan fingerprint density at radius 1 is 0.583 bits per heavy atom. The average molecular weight is 355 g/mol. The lowest BCUT2D eigenvalue weighted by Gasteiger charge is -1.81. The van der Waals surface area contributed by atoms with Crippen molar-refractivity contribution in [1.82, 2.24) is 0 Å². The molecule has 0 aromatic carbocycles. The van der Waals surface area contributed by atoms with Gasteiger partial charge in [-0.3, -0.25) is 0 Å². The number of hydrogen-bond acceptors (Lipinski definition) is 6. The lowest BCUT2D eigenvalue weighted by molar-refractivity contribution is -0.115. The highest BCUT2D eigenvalue weighted by molar-refractivity contribution is 5.72. The average Bonchev–Trinajstić information content (AvgIpc) is 2.08. The molecular weight excluding hydrogens is 308 g/mol. The maximum absolute atomic E-state index is 9.44. The summed E-state index contributed by atoms with van der Waals surface area (Å²) in [5.41, 5.74) is 10.2. The minimum absolute atomic E-state index is 0.167.